The molecule has 2 aromatic rings. The minimum Gasteiger partial charge on any atom is -0.497 e. The minimum atomic E-state index is -0.547. The minimum absolute atomic E-state index is 0.0335. The van der Waals surface area contributed by atoms with E-state index in [9.17, 15) is 14.4 Å². The molecule has 1 heterocycles. The van der Waals surface area contributed by atoms with Crippen molar-refractivity contribution in [3.05, 3.63) is 51.4 Å². The molecule has 0 aliphatic heterocycles. The molecule has 0 aliphatic rings. The molecule has 0 aliphatic carbocycles. The SMILES string of the molecule is CCC(=O)Nc1ccc(OC)cc1NC(=O)c1cc(C)c(C)n(C)c1=O. The van der Waals surface area contributed by atoms with Gasteiger partial charge >= 0.3 is 0 Å². The summed E-state index contributed by atoms with van der Waals surface area (Å²) in [6.07, 6.45) is 0.303. The van der Waals surface area contributed by atoms with Crippen molar-refractivity contribution in [2.45, 2.75) is 27.2 Å². The lowest BCUT2D eigenvalue weighted by atomic mass is 10.1. The molecular weight excluding hydrogens is 334 g/mol. The summed E-state index contributed by atoms with van der Waals surface area (Å²) < 4.78 is 6.62. The molecule has 0 bridgehead atoms. The molecule has 0 saturated heterocycles. The van der Waals surface area contributed by atoms with Crippen LogP contribution in [0.5, 0.6) is 5.75 Å². The Labute approximate surface area is 152 Å². The molecule has 26 heavy (non-hydrogen) atoms. The van der Waals surface area contributed by atoms with E-state index in [1.807, 2.05) is 13.8 Å². The highest BCUT2D eigenvalue weighted by atomic mass is 16.5. The Morgan fingerprint density at radius 3 is 2.42 bits per heavy atom. The van der Waals surface area contributed by atoms with Crippen LogP contribution in [0.25, 0.3) is 0 Å². The average Bonchev–Trinajstić information content (AvgIpc) is 2.63. The largest absolute Gasteiger partial charge is 0.497 e. The second-order valence-electron chi connectivity index (χ2n) is 5.96. The fraction of sp³-hybridized carbons (Fsp3) is 0.316. The zero-order valence-corrected chi connectivity index (χ0v) is 15.6. The second-order valence-corrected chi connectivity index (χ2v) is 5.96. The van der Waals surface area contributed by atoms with E-state index in [4.69, 9.17) is 4.74 Å². The number of methoxy groups -OCH3 is 1. The van der Waals surface area contributed by atoms with Gasteiger partial charge in [0.1, 0.15) is 11.3 Å². The molecule has 7 heteroatoms. The normalized spacial score (nSPS) is 10.3. The van der Waals surface area contributed by atoms with Gasteiger partial charge in [-0.05, 0) is 37.6 Å². The maximum atomic E-state index is 12.7. The standard InChI is InChI=1S/C19H23N3O4/c1-6-17(23)20-15-8-7-13(26-5)10-16(15)21-18(24)14-9-11(2)12(3)22(4)19(14)25/h7-10H,6H2,1-5H3,(H,20,23)(H,21,24). The van der Waals surface area contributed by atoms with Crippen molar-refractivity contribution in [3.8, 4) is 5.75 Å². The molecule has 0 radical (unpaired) electrons. The number of amides is 2. The summed E-state index contributed by atoms with van der Waals surface area (Å²) in [5, 5.41) is 5.42. The summed E-state index contributed by atoms with van der Waals surface area (Å²) >= 11 is 0. The third kappa shape index (κ3) is 3.93. The lowest BCUT2D eigenvalue weighted by molar-refractivity contribution is -0.115. The predicted octanol–water partition coefficient (Wildman–Crippen LogP) is 2.61. The first-order chi connectivity index (χ1) is 12.3. The molecule has 0 fully saturated rings. The van der Waals surface area contributed by atoms with Crippen LogP contribution in [0.1, 0.15) is 35.0 Å². The Balaban J connectivity index is 2.42. The molecular formula is C19H23N3O4. The van der Waals surface area contributed by atoms with E-state index in [1.54, 1.807) is 38.2 Å². The van der Waals surface area contributed by atoms with Gasteiger partial charge in [0.25, 0.3) is 11.5 Å². The summed E-state index contributed by atoms with van der Waals surface area (Å²) in [6, 6.07) is 6.47. The molecule has 7 nitrogen and oxygen atoms in total. The Kier molecular flexibility index (Phi) is 5.82. The van der Waals surface area contributed by atoms with Crippen LogP contribution in [0.2, 0.25) is 0 Å². The van der Waals surface area contributed by atoms with Gasteiger partial charge in [-0.2, -0.15) is 0 Å². The molecule has 2 N–H and O–H groups in total. The van der Waals surface area contributed by atoms with Gasteiger partial charge in [-0.3, -0.25) is 14.4 Å². The number of hydrogen-bond acceptors (Lipinski definition) is 4. The monoisotopic (exact) mass is 357 g/mol. The van der Waals surface area contributed by atoms with Gasteiger partial charge in [-0.25, -0.2) is 0 Å². The maximum absolute atomic E-state index is 12.7. The number of aryl methyl sites for hydroxylation is 1. The van der Waals surface area contributed by atoms with Gasteiger partial charge in [0, 0.05) is 25.2 Å². The van der Waals surface area contributed by atoms with Crippen molar-refractivity contribution in [1.82, 2.24) is 4.57 Å². The summed E-state index contributed by atoms with van der Waals surface area (Å²) in [5.74, 6) is -0.218. The topological polar surface area (TPSA) is 89.4 Å². The lowest BCUT2D eigenvalue weighted by Gasteiger charge is -2.15. The Hall–Kier alpha value is -3.09. The number of carbonyl (C=O) groups is 2. The molecule has 1 aromatic carbocycles. The molecule has 0 atom stereocenters. The predicted molar refractivity (Wildman–Crippen MR) is 101 cm³/mol. The molecule has 1 aromatic heterocycles. The number of pyridine rings is 1. The Morgan fingerprint density at radius 1 is 1.12 bits per heavy atom. The Morgan fingerprint density at radius 2 is 1.81 bits per heavy atom. The number of anilines is 2. The van der Waals surface area contributed by atoms with Gasteiger partial charge in [-0.15, -0.1) is 0 Å². The Bertz CT molecular complexity index is 916. The van der Waals surface area contributed by atoms with Crippen molar-refractivity contribution in [1.29, 1.82) is 0 Å². The first-order valence-electron chi connectivity index (χ1n) is 8.25. The summed E-state index contributed by atoms with van der Waals surface area (Å²) in [6.45, 7) is 5.39. The number of benzene rings is 1. The lowest BCUT2D eigenvalue weighted by Crippen LogP contribution is -2.29. The van der Waals surface area contributed by atoms with Crippen LogP contribution in [-0.4, -0.2) is 23.5 Å². The van der Waals surface area contributed by atoms with E-state index >= 15 is 0 Å². The number of aromatic nitrogens is 1. The molecule has 2 amide bonds. The summed E-state index contributed by atoms with van der Waals surface area (Å²) in [4.78, 5) is 36.8. The molecule has 0 unspecified atom stereocenters. The fourth-order valence-corrected chi connectivity index (χ4v) is 2.43. The van der Waals surface area contributed by atoms with Crippen molar-refractivity contribution < 1.29 is 14.3 Å². The van der Waals surface area contributed by atoms with Gasteiger partial charge in [0.15, 0.2) is 0 Å². The van der Waals surface area contributed by atoms with Crippen LogP contribution < -0.4 is 20.9 Å². The van der Waals surface area contributed by atoms with Crippen molar-refractivity contribution in [2.75, 3.05) is 17.7 Å². The smallest absolute Gasteiger partial charge is 0.263 e. The zero-order chi connectivity index (χ0) is 19.4. The highest BCUT2D eigenvalue weighted by Gasteiger charge is 2.17. The number of nitrogens with one attached hydrogen (secondary N) is 2. The van der Waals surface area contributed by atoms with Gasteiger partial charge < -0.3 is 19.9 Å². The number of ether oxygens (including phenoxy) is 1. The van der Waals surface area contributed by atoms with E-state index in [1.165, 1.54) is 11.7 Å². The number of rotatable bonds is 5. The average molecular weight is 357 g/mol. The highest BCUT2D eigenvalue weighted by molar-refractivity contribution is 6.07. The summed E-state index contributed by atoms with van der Waals surface area (Å²) in [7, 11) is 3.13. The fourth-order valence-electron chi connectivity index (χ4n) is 2.43. The maximum Gasteiger partial charge on any atom is 0.263 e. The van der Waals surface area contributed by atoms with Crippen LogP contribution in [-0.2, 0) is 11.8 Å². The van der Waals surface area contributed by atoms with E-state index in [0.29, 0.717) is 23.5 Å². The van der Waals surface area contributed by atoms with Crippen molar-refractivity contribution >= 4 is 23.2 Å². The molecule has 0 spiro atoms. The van der Waals surface area contributed by atoms with Crippen molar-refractivity contribution in [2.24, 2.45) is 7.05 Å². The van der Waals surface area contributed by atoms with E-state index in [0.717, 1.165) is 11.3 Å². The van der Waals surface area contributed by atoms with E-state index in [2.05, 4.69) is 10.6 Å². The third-order valence-corrected chi connectivity index (χ3v) is 4.28. The van der Waals surface area contributed by atoms with Gasteiger partial charge in [0.05, 0.1) is 18.5 Å². The first kappa shape index (κ1) is 19.2. The quantitative estimate of drug-likeness (QED) is 0.861. The molecule has 0 saturated carbocycles. The third-order valence-electron chi connectivity index (χ3n) is 4.28. The van der Waals surface area contributed by atoms with Gasteiger partial charge in [0.2, 0.25) is 5.91 Å². The molecule has 2 rings (SSSR count). The van der Waals surface area contributed by atoms with Crippen molar-refractivity contribution in [3.63, 3.8) is 0 Å². The van der Waals surface area contributed by atoms with Crippen LogP contribution >= 0.6 is 0 Å². The van der Waals surface area contributed by atoms with Crippen LogP contribution in [0.15, 0.2) is 29.1 Å². The van der Waals surface area contributed by atoms with E-state index in [-0.39, 0.29) is 17.0 Å². The first-order valence-corrected chi connectivity index (χ1v) is 8.25. The number of carbonyl (C=O) groups excluding carboxylic acids is 2. The number of hydrogen-bond donors (Lipinski definition) is 2. The number of nitrogens with zero attached hydrogens (tertiary/aromatic N) is 1. The van der Waals surface area contributed by atoms with Crippen LogP contribution in [0.4, 0.5) is 11.4 Å². The summed E-state index contributed by atoms with van der Waals surface area (Å²) in [5.41, 5.74) is 2.08. The van der Waals surface area contributed by atoms with Gasteiger partial charge in [-0.1, -0.05) is 6.92 Å². The molecule has 138 valence electrons. The highest BCUT2D eigenvalue weighted by Crippen LogP contribution is 2.27. The van der Waals surface area contributed by atoms with E-state index < -0.39 is 5.91 Å². The zero-order valence-electron chi connectivity index (χ0n) is 15.6. The van der Waals surface area contributed by atoms with Crippen LogP contribution in [0, 0.1) is 13.8 Å². The second kappa shape index (κ2) is 7.86. The van der Waals surface area contributed by atoms with Crippen LogP contribution in [0.3, 0.4) is 0 Å².